The number of aryl methyl sites for hydroxylation is 1. The zero-order chi connectivity index (χ0) is 12.4. The first-order valence-corrected chi connectivity index (χ1v) is 6.17. The van der Waals surface area contributed by atoms with E-state index in [1.165, 1.54) is 5.56 Å². The van der Waals surface area contributed by atoms with Crippen molar-refractivity contribution in [3.8, 4) is 5.75 Å². The molecule has 1 saturated heterocycles. The van der Waals surface area contributed by atoms with E-state index in [0.717, 1.165) is 24.2 Å². The molecule has 2 rings (SSSR count). The van der Waals surface area contributed by atoms with Gasteiger partial charge in [-0.3, -0.25) is 0 Å². The molecule has 0 aromatic heterocycles. The normalized spacial score (nSPS) is 25.9. The van der Waals surface area contributed by atoms with Crippen LogP contribution in [0.3, 0.4) is 0 Å². The average Bonchev–Trinajstić information content (AvgIpc) is 2.75. The highest BCUT2D eigenvalue weighted by Crippen LogP contribution is 2.31. The fraction of sp³-hybridized carbons (Fsp3) is 0.571. The number of hydrogen-bond donors (Lipinski definition) is 1. The van der Waals surface area contributed by atoms with Gasteiger partial charge in [-0.25, -0.2) is 0 Å². The summed E-state index contributed by atoms with van der Waals surface area (Å²) < 4.78 is 11.0. The third kappa shape index (κ3) is 2.61. The molecule has 17 heavy (non-hydrogen) atoms. The van der Waals surface area contributed by atoms with Crippen LogP contribution in [0.2, 0.25) is 0 Å². The van der Waals surface area contributed by atoms with Crippen molar-refractivity contribution in [2.24, 2.45) is 5.73 Å². The van der Waals surface area contributed by atoms with Crippen LogP contribution in [0, 0.1) is 6.92 Å². The summed E-state index contributed by atoms with van der Waals surface area (Å²) in [7, 11) is 1.68. The van der Waals surface area contributed by atoms with E-state index in [-0.39, 0.29) is 12.1 Å². The second-order valence-electron chi connectivity index (χ2n) is 4.81. The summed E-state index contributed by atoms with van der Waals surface area (Å²) >= 11 is 0. The van der Waals surface area contributed by atoms with Gasteiger partial charge in [0.2, 0.25) is 0 Å². The van der Waals surface area contributed by atoms with E-state index < -0.39 is 0 Å². The van der Waals surface area contributed by atoms with Crippen molar-refractivity contribution in [3.63, 3.8) is 0 Å². The molecule has 1 aliphatic rings. The summed E-state index contributed by atoms with van der Waals surface area (Å²) in [5.41, 5.74) is 8.61. The molecule has 0 bridgehead atoms. The summed E-state index contributed by atoms with van der Waals surface area (Å²) in [6.45, 7) is 4.17. The first kappa shape index (κ1) is 12.4. The predicted octanol–water partition coefficient (Wildman–Crippen LogP) is 2.57. The highest BCUT2D eigenvalue weighted by molar-refractivity contribution is 5.37. The number of nitrogens with two attached hydrogens (primary N) is 1. The zero-order valence-corrected chi connectivity index (χ0v) is 10.8. The van der Waals surface area contributed by atoms with Crippen molar-refractivity contribution < 1.29 is 9.47 Å². The van der Waals surface area contributed by atoms with Crippen LogP contribution >= 0.6 is 0 Å². The number of methoxy groups -OCH3 is 1. The fourth-order valence-corrected chi connectivity index (χ4v) is 2.45. The monoisotopic (exact) mass is 235 g/mol. The fourth-order valence-electron chi connectivity index (χ4n) is 2.45. The SMILES string of the molecule is COc1ccc(C(N)C2CCC(C)O2)c(C)c1. The van der Waals surface area contributed by atoms with Crippen molar-refractivity contribution in [1.82, 2.24) is 0 Å². The molecule has 3 unspecified atom stereocenters. The molecule has 0 amide bonds. The van der Waals surface area contributed by atoms with Crippen LogP contribution in [-0.4, -0.2) is 19.3 Å². The maximum Gasteiger partial charge on any atom is 0.119 e. The van der Waals surface area contributed by atoms with E-state index in [2.05, 4.69) is 13.8 Å². The Morgan fingerprint density at radius 3 is 2.71 bits per heavy atom. The van der Waals surface area contributed by atoms with Gasteiger partial charge in [-0.1, -0.05) is 6.07 Å². The first-order valence-electron chi connectivity index (χ1n) is 6.17. The lowest BCUT2D eigenvalue weighted by molar-refractivity contribution is 0.0400. The molecule has 2 N–H and O–H groups in total. The Morgan fingerprint density at radius 2 is 2.18 bits per heavy atom. The molecule has 1 aliphatic heterocycles. The third-order valence-corrected chi connectivity index (χ3v) is 3.50. The van der Waals surface area contributed by atoms with Crippen molar-refractivity contribution in [2.75, 3.05) is 7.11 Å². The number of ether oxygens (including phenoxy) is 2. The summed E-state index contributed by atoms with van der Waals surface area (Å²) in [6.07, 6.45) is 2.64. The number of benzene rings is 1. The molecule has 0 spiro atoms. The summed E-state index contributed by atoms with van der Waals surface area (Å²) in [4.78, 5) is 0. The summed E-state index contributed by atoms with van der Waals surface area (Å²) in [6, 6.07) is 5.99. The molecule has 3 nitrogen and oxygen atoms in total. The van der Waals surface area contributed by atoms with E-state index in [4.69, 9.17) is 15.2 Å². The Hall–Kier alpha value is -1.06. The standard InChI is InChI=1S/C14H21NO2/c1-9-8-11(16-3)5-6-12(9)14(15)13-7-4-10(2)17-13/h5-6,8,10,13-14H,4,7,15H2,1-3H3. The topological polar surface area (TPSA) is 44.5 Å². The molecule has 1 heterocycles. The lowest BCUT2D eigenvalue weighted by Gasteiger charge is -2.21. The molecular formula is C14H21NO2. The second kappa shape index (κ2) is 5.07. The number of hydrogen-bond acceptors (Lipinski definition) is 3. The first-order chi connectivity index (χ1) is 8.11. The molecule has 0 saturated carbocycles. The molecule has 94 valence electrons. The molecule has 3 atom stereocenters. The van der Waals surface area contributed by atoms with E-state index >= 15 is 0 Å². The summed E-state index contributed by atoms with van der Waals surface area (Å²) in [5.74, 6) is 0.874. The van der Waals surface area contributed by atoms with E-state index in [1.54, 1.807) is 7.11 Å². The largest absolute Gasteiger partial charge is 0.497 e. The minimum Gasteiger partial charge on any atom is -0.497 e. The average molecular weight is 235 g/mol. The van der Waals surface area contributed by atoms with E-state index in [9.17, 15) is 0 Å². The zero-order valence-electron chi connectivity index (χ0n) is 10.8. The Balaban J connectivity index is 2.16. The van der Waals surface area contributed by atoms with Crippen LogP contribution in [0.25, 0.3) is 0 Å². The van der Waals surface area contributed by atoms with Gasteiger partial charge in [-0.05, 0) is 49.9 Å². The minimum absolute atomic E-state index is 0.0362. The van der Waals surface area contributed by atoms with E-state index in [0.29, 0.717) is 6.10 Å². The van der Waals surface area contributed by atoms with Crippen LogP contribution in [0.4, 0.5) is 0 Å². The van der Waals surface area contributed by atoms with Gasteiger partial charge in [0.25, 0.3) is 0 Å². The predicted molar refractivity (Wildman–Crippen MR) is 68.2 cm³/mol. The third-order valence-electron chi connectivity index (χ3n) is 3.50. The van der Waals surface area contributed by atoms with Gasteiger partial charge >= 0.3 is 0 Å². The Morgan fingerprint density at radius 1 is 1.41 bits per heavy atom. The van der Waals surface area contributed by atoms with Crippen LogP contribution in [0.15, 0.2) is 18.2 Å². The molecular weight excluding hydrogens is 214 g/mol. The minimum atomic E-state index is -0.0362. The van der Waals surface area contributed by atoms with Crippen molar-refractivity contribution in [2.45, 2.75) is 44.9 Å². The molecule has 1 fully saturated rings. The second-order valence-corrected chi connectivity index (χ2v) is 4.81. The Labute approximate surface area is 103 Å². The van der Waals surface area contributed by atoms with Crippen molar-refractivity contribution in [3.05, 3.63) is 29.3 Å². The van der Waals surface area contributed by atoms with Crippen LogP contribution in [0.5, 0.6) is 5.75 Å². The maximum absolute atomic E-state index is 6.29. The van der Waals surface area contributed by atoms with Gasteiger partial charge in [0.15, 0.2) is 0 Å². The smallest absolute Gasteiger partial charge is 0.119 e. The van der Waals surface area contributed by atoms with Gasteiger partial charge in [-0.2, -0.15) is 0 Å². The van der Waals surface area contributed by atoms with Crippen LogP contribution in [0.1, 0.15) is 36.9 Å². The highest BCUT2D eigenvalue weighted by Gasteiger charge is 2.28. The maximum atomic E-state index is 6.29. The van der Waals surface area contributed by atoms with Gasteiger partial charge in [0, 0.05) is 0 Å². The molecule has 0 aliphatic carbocycles. The van der Waals surface area contributed by atoms with E-state index in [1.807, 2.05) is 18.2 Å². The lowest BCUT2D eigenvalue weighted by Crippen LogP contribution is -2.27. The van der Waals surface area contributed by atoms with Crippen LogP contribution in [-0.2, 0) is 4.74 Å². The van der Waals surface area contributed by atoms with Crippen molar-refractivity contribution in [1.29, 1.82) is 0 Å². The van der Waals surface area contributed by atoms with Gasteiger partial charge < -0.3 is 15.2 Å². The quantitative estimate of drug-likeness (QED) is 0.875. The Bertz CT molecular complexity index is 392. The highest BCUT2D eigenvalue weighted by atomic mass is 16.5. The molecule has 1 aromatic carbocycles. The molecule has 1 aromatic rings. The van der Waals surface area contributed by atoms with Crippen molar-refractivity contribution >= 4 is 0 Å². The number of rotatable bonds is 3. The van der Waals surface area contributed by atoms with Gasteiger partial charge in [-0.15, -0.1) is 0 Å². The summed E-state index contributed by atoms with van der Waals surface area (Å²) in [5, 5.41) is 0. The van der Waals surface area contributed by atoms with Gasteiger partial charge in [0.05, 0.1) is 25.4 Å². The molecule has 0 radical (unpaired) electrons. The Kier molecular flexibility index (Phi) is 3.69. The van der Waals surface area contributed by atoms with Gasteiger partial charge in [0.1, 0.15) is 5.75 Å². The van der Waals surface area contributed by atoms with Crippen LogP contribution < -0.4 is 10.5 Å². The molecule has 3 heteroatoms. The lowest BCUT2D eigenvalue weighted by atomic mass is 9.96.